The smallest absolute Gasteiger partial charge is 0.490 e. The van der Waals surface area contributed by atoms with Gasteiger partial charge in [0.25, 0.3) is 0 Å². The number of carbonyl (C=O) groups is 1. The molecular weight excluding hydrogens is 382 g/mol. The summed E-state index contributed by atoms with van der Waals surface area (Å²) in [5.74, 6) is -2.37. The van der Waals surface area contributed by atoms with Crippen LogP contribution in [0.15, 0.2) is 42.7 Å². The van der Waals surface area contributed by atoms with Gasteiger partial charge in [-0.1, -0.05) is 6.07 Å². The lowest BCUT2D eigenvalue weighted by Gasteiger charge is -2.32. The van der Waals surface area contributed by atoms with Crippen LogP contribution in [0.4, 0.5) is 17.6 Å². The van der Waals surface area contributed by atoms with Crippen LogP contribution in [0.1, 0.15) is 12.8 Å². The molecule has 6 nitrogen and oxygen atoms in total. The number of aliphatic carboxylic acids is 1. The molecule has 0 amide bonds. The zero-order valence-electron chi connectivity index (χ0n) is 15.0. The van der Waals surface area contributed by atoms with Crippen LogP contribution in [-0.2, 0) is 11.3 Å². The topological polar surface area (TPSA) is 67.6 Å². The Morgan fingerprint density at radius 1 is 1.21 bits per heavy atom. The van der Waals surface area contributed by atoms with Gasteiger partial charge in [0.1, 0.15) is 17.7 Å². The molecular formula is C18H21F4N3O3. The van der Waals surface area contributed by atoms with E-state index in [0.29, 0.717) is 5.75 Å². The third kappa shape index (κ3) is 7.55. The van der Waals surface area contributed by atoms with E-state index in [4.69, 9.17) is 14.6 Å². The fourth-order valence-corrected chi connectivity index (χ4v) is 2.66. The lowest BCUT2D eigenvalue weighted by atomic mass is 10.1. The largest absolute Gasteiger partial charge is 0.490 e. The summed E-state index contributed by atoms with van der Waals surface area (Å²) in [6.45, 7) is 3.96. The van der Waals surface area contributed by atoms with Crippen molar-refractivity contribution in [3.05, 3.63) is 48.5 Å². The number of hydrogen-bond acceptors (Lipinski definition) is 4. The molecule has 0 bridgehead atoms. The number of benzene rings is 1. The van der Waals surface area contributed by atoms with Crippen molar-refractivity contribution in [3.63, 3.8) is 0 Å². The summed E-state index contributed by atoms with van der Waals surface area (Å²) in [4.78, 5) is 11.3. The number of nitrogens with zero attached hydrogens (tertiary/aromatic N) is 3. The van der Waals surface area contributed by atoms with Gasteiger partial charge in [0, 0.05) is 38.1 Å². The molecule has 28 heavy (non-hydrogen) atoms. The van der Waals surface area contributed by atoms with Crippen molar-refractivity contribution >= 4 is 5.97 Å². The first-order chi connectivity index (χ1) is 13.2. The van der Waals surface area contributed by atoms with E-state index in [9.17, 15) is 17.6 Å². The fraction of sp³-hybridized carbons (Fsp3) is 0.444. The van der Waals surface area contributed by atoms with Crippen LogP contribution in [0, 0.1) is 5.82 Å². The van der Waals surface area contributed by atoms with E-state index in [1.54, 1.807) is 12.3 Å². The van der Waals surface area contributed by atoms with Gasteiger partial charge in [-0.25, -0.2) is 9.18 Å². The van der Waals surface area contributed by atoms with Crippen molar-refractivity contribution in [2.75, 3.05) is 19.6 Å². The number of aromatic nitrogens is 2. The maximum atomic E-state index is 13.1. The SMILES string of the molecule is Fc1cccc(OC2CCN(CCn3cccn3)CC2)c1.O=C(O)C(F)(F)F. The number of hydrogen-bond donors (Lipinski definition) is 1. The molecule has 0 radical (unpaired) electrons. The molecule has 3 rings (SSSR count). The molecule has 1 aliphatic heterocycles. The highest BCUT2D eigenvalue weighted by Crippen LogP contribution is 2.19. The van der Waals surface area contributed by atoms with E-state index < -0.39 is 12.1 Å². The van der Waals surface area contributed by atoms with Crippen molar-refractivity contribution in [2.45, 2.75) is 31.7 Å². The van der Waals surface area contributed by atoms with E-state index >= 15 is 0 Å². The first-order valence-corrected chi connectivity index (χ1v) is 8.66. The third-order valence-electron chi connectivity index (χ3n) is 4.08. The van der Waals surface area contributed by atoms with Crippen LogP contribution in [0.3, 0.4) is 0 Å². The Bertz CT molecular complexity index is 730. The molecule has 0 saturated carbocycles. The summed E-state index contributed by atoms with van der Waals surface area (Å²) >= 11 is 0. The number of rotatable bonds is 5. The van der Waals surface area contributed by atoms with E-state index in [-0.39, 0.29) is 11.9 Å². The number of likely N-dealkylation sites (tertiary alicyclic amines) is 1. The average Bonchev–Trinajstić information content (AvgIpc) is 3.14. The first kappa shape index (κ1) is 21.7. The van der Waals surface area contributed by atoms with Gasteiger partial charge in [-0.3, -0.25) is 4.68 Å². The lowest BCUT2D eigenvalue weighted by molar-refractivity contribution is -0.192. The van der Waals surface area contributed by atoms with E-state index in [1.165, 1.54) is 12.1 Å². The Balaban J connectivity index is 0.000000345. The highest BCUT2D eigenvalue weighted by atomic mass is 19.4. The Labute approximate surface area is 159 Å². The molecule has 1 aliphatic rings. The molecule has 2 heterocycles. The molecule has 2 aromatic rings. The van der Waals surface area contributed by atoms with Crippen molar-refractivity contribution < 1.29 is 32.2 Å². The molecule has 0 spiro atoms. The second-order valence-corrected chi connectivity index (χ2v) is 6.19. The Morgan fingerprint density at radius 3 is 2.43 bits per heavy atom. The van der Waals surface area contributed by atoms with Gasteiger partial charge in [-0.15, -0.1) is 0 Å². The first-order valence-electron chi connectivity index (χ1n) is 8.66. The standard InChI is InChI=1S/C16H20FN3O.C2HF3O2/c17-14-3-1-4-16(13-14)21-15-5-9-19(10-6-15)11-12-20-8-2-7-18-20;3-2(4,5)1(6)7/h1-4,7-8,13,15H,5-6,9-12H2;(H,6,7). The molecule has 10 heteroatoms. The minimum absolute atomic E-state index is 0.188. The van der Waals surface area contributed by atoms with Crippen molar-refractivity contribution in [1.82, 2.24) is 14.7 Å². The van der Waals surface area contributed by atoms with Crippen LogP contribution in [-0.4, -0.2) is 57.7 Å². The summed E-state index contributed by atoms with van der Waals surface area (Å²) in [5.41, 5.74) is 0. The predicted octanol–water partition coefficient (Wildman–Crippen LogP) is 3.20. The molecule has 1 saturated heterocycles. The Kier molecular flexibility index (Phi) is 7.80. The highest BCUT2D eigenvalue weighted by Gasteiger charge is 2.38. The van der Waals surface area contributed by atoms with Gasteiger partial charge < -0.3 is 14.7 Å². The predicted molar refractivity (Wildman–Crippen MR) is 92.4 cm³/mol. The molecule has 0 atom stereocenters. The zero-order chi connectivity index (χ0) is 20.6. The van der Waals surface area contributed by atoms with Crippen LogP contribution in [0.2, 0.25) is 0 Å². The van der Waals surface area contributed by atoms with Gasteiger partial charge in [-0.2, -0.15) is 18.3 Å². The molecule has 1 N–H and O–H groups in total. The van der Waals surface area contributed by atoms with Gasteiger partial charge in [0.15, 0.2) is 0 Å². The third-order valence-corrected chi connectivity index (χ3v) is 4.08. The second kappa shape index (κ2) is 10.1. The Morgan fingerprint density at radius 2 is 1.89 bits per heavy atom. The quantitative estimate of drug-likeness (QED) is 0.777. The maximum absolute atomic E-state index is 13.1. The summed E-state index contributed by atoms with van der Waals surface area (Å²) in [5, 5.41) is 11.3. The van der Waals surface area contributed by atoms with Crippen LogP contribution >= 0.6 is 0 Å². The maximum Gasteiger partial charge on any atom is 0.490 e. The summed E-state index contributed by atoms with van der Waals surface area (Å²) in [6.07, 6.45) is 0.858. The highest BCUT2D eigenvalue weighted by molar-refractivity contribution is 5.73. The van der Waals surface area contributed by atoms with Crippen molar-refractivity contribution in [2.24, 2.45) is 0 Å². The normalized spacial score (nSPS) is 15.6. The summed E-state index contributed by atoms with van der Waals surface area (Å²) < 4.78 is 52.7. The van der Waals surface area contributed by atoms with Crippen LogP contribution < -0.4 is 4.74 Å². The molecule has 0 unspecified atom stereocenters. The van der Waals surface area contributed by atoms with Gasteiger partial charge >= 0.3 is 12.1 Å². The number of alkyl halides is 3. The molecule has 1 fully saturated rings. The average molecular weight is 403 g/mol. The number of carboxylic acid groups (broad SMARTS) is 1. The van der Waals surface area contributed by atoms with E-state index in [1.807, 2.05) is 23.0 Å². The molecule has 1 aromatic heterocycles. The van der Waals surface area contributed by atoms with Gasteiger partial charge in [-0.05, 0) is 31.0 Å². The minimum atomic E-state index is -5.08. The number of carboxylic acids is 1. The van der Waals surface area contributed by atoms with Crippen molar-refractivity contribution in [3.8, 4) is 5.75 Å². The number of halogens is 4. The lowest BCUT2D eigenvalue weighted by Crippen LogP contribution is -2.39. The second-order valence-electron chi connectivity index (χ2n) is 6.19. The van der Waals surface area contributed by atoms with Gasteiger partial charge in [0.05, 0.1) is 6.54 Å². The summed E-state index contributed by atoms with van der Waals surface area (Å²) in [7, 11) is 0. The van der Waals surface area contributed by atoms with E-state index in [2.05, 4.69) is 10.00 Å². The zero-order valence-corrected chi connectivity index (χ0v) is 15.0. The van der Waals surface area contributed by atoms with Crippen molar-refractivity contribution in [1.29, 1.82) is 0 Å². The van der Waals surface area contributed by atoms with E-state index in [0.717, 1.165) is 39.0 Å². The monoisotopic (exact) mass is 403 g/mol. The molecule has 0 aliphatic carbocycles. The van der Waals surface area contributed by atoms with Crippen LogP contribution in [0.5, 0.6) is 5.75 Å². The minimum Gasteiger partial charge on any atom is -0.490 e. The fourth-order valence-electron chi connectivity index (χ4n) is 2.66. The Hall–Kier alpha value is -2.62. The number of piperidine rings is 1. The van der Waals surface area contributed by atoms with Crippen LogP contribution in [0.25, 0.3) is 0 Å². The number of ether oxygens (including phenoxy) is 1. The summed E-state index contributed by atoms with van der Waals surface area (Å²) in [6, 6.07) is 8.32. The molecule has 1 aromatic carbocycles. The van der Waals surface area contributed by atoms with Gasteiger partial charge in [0.2, 0.25) is 0 Å². The molecule has 154 valence electrons.